The molecule has 3 unspecified atom stereocenters. The van der Waals surface area contributed by atoms with Crippen molar-refractivity contribution in [2.24, 2.45) is 0 Å². The minimum absolute atomic E-state index is 0.0327. The van der Waals surface area contributed by atoms with Gasteiger partial charge in [0.05, 0.1) is 6.10 Å². The van der Waals surface area contributed by atoms with E-state index in [0.717, 1.165) is 31.6 Å². The van der Waals surface area contributed by atoms with Crippen LogP contribution < -0.4 is 10.1 Å². The zero-order chi connectivity index (χ0) is 13.0. The minimum atomic E-state index is -0.306. The molecule has 2 rings (SSSR count). The Morgan fingerprint density at radius 1 is 1.44 bits per heavy atom. The van der Waals surface area contributed by atoms with E-state index >= 15 is 0 Å². The molecule has 1 saturated carbocycles. The number of nitrogens with one attached hydrogen (secondary N) is 1. The molecule has 1 fully saturated rings. The maximum absolute atomic E-state index is 9.78. The average molecular weight is 249 g/mol. The van der Waals surface area contributed by atoms with E-state index < -0.39 is 0 Å². The molecule has 3 atom stereocenters. The predicted octanol–water partition coefficient (Wildman–Crippen LogP) is 2.65. The normalized spacial score (nSPS) is 25.1. The first-order valence-electron chi connectivity index (χ1n) is 6.88. The van der Waals surface area contributed by atoms with Crippen molar-refractivity contribution < 1.29 is 9.84 Å². The molecule has 1 aliphatic carbocycles. The molecule has 0 spiro atoms. The van der Waals surface area contributed by atoms with Crippen molar-refractivity contribution >= 4 is 0 Å². The van der Waals surface area contributed by atoms with Crippen molar-refractivity contribution in [1.29, 1.82) is 0 Å². The van der Waals surface area contributed by atoms with Crippen molar-refractivity contribution in [3.05, 3.63) is 29.8 Å². The highest BCUT2D eigenvalue weighted by atomic mass is 16.5. The first-order valence-corrected chi connectivity index (χ1v) is 6.88. The molecule has 0 heterocycles. The molecule has 1 aromatic carbocycles. The molecule has 0 radical (unpaired) electrons. The maximum Gasteiger partial charge on any atom is 0.124 e. The fraction of sp³-hybridized carbons (Fsp3) is 0.600. The van der Waals surface area contributed by atoms with Crippen LogP contribution in [0.15, 0.2) is 24.3 Å². The summed E-state index contributed by atoms with van der Waals surface area (Å²) in [6.45, 7) is 5.20. The first kappa shape index (κ1) is 13.4. The highest BCUT2D eigenvalue weighted by Gasteiger charge is 2.26. The average Bonchev–Trinajstić information content (AvgIpc) is 2.76. The van der Waals surface area contributed by atoms with Gasteiger partial charge in [-0.15, -0.1) is 0 Å². The van der Waals surface area contributed by atoms with Crippen molar-refractivity contribution in [1.82, 2.24) is 5.32 Å². The van der Waals surface area contributed by atoms with E-state index in [1.807, 2.05) is 12.1 Å². The van der Waals surface area contributed by atoms with Crippen LogP contribution in [0.3, 0.4) is 0 Å². The second-order valence-corrected chi connectivity index (χ2v) is 5.01. The van der Waals surface area contributed by atoms with Gasteiger partial charge in [0.15, 0.2) is 0 Å². The van der Waals surface area contributed by atoms with Gasteiger partial charge in [0, 0.05) is 6.04 Å². The van der Waals surface area contributed by atoms with Crippen LogP contribution in [-0.2, 0) is 0 Å². The summed E-state index contributed by atoms with van der Waals surface area (Å²) >= 11 is 0. The quantitative estimate of drug-likeness (QED) is 0.843. The third-order valence-corrected chi connectivity index (χ3v) is 3.57. The maximum atomic E-state index is 9.78. The largest absolute Gasteiger partial charge is 0.488 e. The molecular weight excluding hydrogens is 226 g/mol. The minimum Gasteiger partial charge on any atom is -0.488 e. The van der Waals surface area contributed by atoms with Crippen LogP contribution >= 0.6 is 0 Å². The zero-order valence-corrected chi connectivity index (χ0v) is 11.2. The molecule has 100 valence electrons. The number of aliphatic hydroxyl groups excluding tert-OH is 1. The molecule has 1 aliphatic rings. The van der Waals surface area contributed by atoms with Crippen molar-refractivity contribution in [3.63, 3.8) is 0 Å². The van der Waals surface area contributed by atoms with Gasteiger partial charge < -0.3 is 15.2 Å². The van der Waals surface area contributed by atoms with Crippen molar-refractivity contribution in [3.8, 4) is 5.75 Å². The predicted molar refractivity (Wildman–Crippen MR) is 72.8 cm³/mol. The SMILES string of the molecule is CCNC(C)c1cccc(OC2CCCC2O)c1. The number of rotatable bonds is 5. The standard InChI is InChI=1S/C15H23NO2/c1-3-16-11(2)12-6-4-7-13(10-12)18-15-9-5-8-14(15)17/h4,6-7,10-11,14-17H,3,5,8-9H2,1-2H3. The van der Waals surface area contributed by atoms with Crippen LogP contribution in [-0.4, -0.2) is 23.9 Å². The molecule has 0 bridgehead atoms. The summed E-state index contributed by atoms with van der Waals surface area (Å²) < 4.78 is 5.88. The van der Waals surface area contributed by atoms with E-state index in [4.69, 9.17) is 4.74 Å². The second kappa shape index (κ2) is 6.21. The molecule has 0 aromatic heterocycles. The molecule has 0 aliphatic heterocycles. The first-order chi connectivity index (χ1) is 8.70. The van der Waals surface area contributed by atoms with E-state index in [2.05, 4.69) is 31.3 Å². The molecular formula is C15H23NO2. The van der Waals surface area contributed by atoms with Gasteiger partial charge >= 0.3 is 0 Å². The van der Waals surface area contributed by atoms with Gasteiger partial charge in [-0.2, -0.15) is 0 Å². The second-order valence-electron chi connectivity index (χ2n) is 5.01. The fourth-order valence-corrected chi connectivity index (χ4v) is 2.50. The van der Waals surface area contributed by atoms with Gasteiger partial charge in [0.1, 0.15) is 11.9 Å². The zero-order valence-electron chi connectivity index (χ0n) is 11.2. The smallest absolute Gasteiger partial charge is 0.124 e. The lowest BCUT2D eigenvalue weighted by Gasteiger charge is -2.19. The Labute approximate surface area is 109 Å². The Kier molecular flexibility index (Phi) is 4.61. The van der Waals surface area contributed by atoms with Gasteiger partial charge in [-0.3, -0.25) is 0 Å². The number of ether oxygens (including phenoxy) is 1. The van der Waals surface area contributed by atoms with Crippen molar-refractivity contribution in [2.45, 2.75) is 51.4 Å². The molecule has 1 aromatic rings. The molecule has 3 nitrogen and oxygen atoms in total. The topological polar surface area (TPSA) is 41.5 Å². The van der Waals surface area contributed by atoms with Gasteiger partial charge in [-0.05, 0) is 50.4 Å². The lowest BCUT2D eigenvalue weighted by Crippen LogP contribution is -2.25. The van der Waals surface area contributed by atoms with E-state index in [9.17, 15) is 5.11 Å². The molecule has 0 amide bonds. The summed E-state index contributed by atoms with van der Waals surface area (Å²) in [6.07, 6.45) is 2.53. The third-order valence-electron chi connectivity index (χ3n) is 3.57. The van der Waals surface area contributed by atoms with Crippen LogP contribution in [0.4, 0.5) is 0 Å². The Hall–Kier alpha value is -1.06. The van der Waals surface area contributed by atoms with Crippen LogP contribution in [0.2, 0.25) is 0 Å². The van der Waals surface area contributed by atoms with Gasteiger partial charge in [-0.1, -0.05) is 19.1 Å². The van der Waals surface area contributed by atoms with Gasteiger partial charge in [0.2, 0.25) is 0 Å². The monoisotopic (exact) mass is 249 g/mol. The number of benzene rings is 1. The summed E-state index contributed by atoms with van der Waals surface area (Å²) in [5.74, 6) is 0.864. The Morgan fingerprint density at radius 2 is 2.28 bits per heavy atom. The fourth-order valence-electron chi connectivity index (χ4n) is 2.50. The highest BCUT2D eigenvalue weighted by molar-refractivity contribution is 5.30. The Morgan fingerprint density at radius 3 is 2.94 bits per heavy atom. The summed E-state index contributed by atoms with van der Waals surface area (Å²) in [5, 5.41) is 13.2. The van der Waals surface area contributed by atoms with Crippen LogP contribution in [0, 0.1) is 0 Å². The molecule has 0 saturated heterocycles. The van der Waals surface area contributed by atoms with E-state index in [0.29, 0.717) is 6.04 Å². The summed E-state index contributed by atoms with van der Waals surface area (Å²) in [4.78, 5) is 0. The Balaban J connectivity index is 2.02. The molecule has 3 heteroatoms. The number of aliphatic hydroxyl groups is 1. The van der Waals surface area contributed by atoms with E-state index in [1.165, 1.54) is 5.56 Å². The molecule has 18 heavy (non-hydrogen) atoms. The van der Waals surface area contributed by atoms with E-state index in [-0.39, 0.29) is 12.2 Å². The lowest BCUT2D eigenvalue weighted by atomic mass is 10.1. The highest BCUT2D eigenvalue weighted by Crippen LogP contribution is 2.26. The Bertz CT molecular complexity index is 381. The van der Waals surface area contributed by atoms with Crippen molar-refractivity contribution in [2.75, 3.05) is 6.54 Å². The molecule has 2 N–H and O–H groups in total. The third kappa shape index (κ3) is 3.24. The van der Waals surface area contributed by atoms with Gasteiger partial charge in [0.25, 0.3) is 0 Å². The van der Waals surface area contributed by atoms with Crippen LogP contribution in [0.5, 0.6) is 5.75 Å². The summed E-state index contributed by atoms with van der Waals surface area (Å²) in [5.41, 5.74) is 1.22. The van der Waals surface area contributed by atoms with E-state index in [1.54, 1.807) is 0 Å². The summed E-state index contributed by atoms with van der Waals surface area (Å²) in [7, 11) is 0. The number of hydrogen-bond donors (Lipinski definition) is 2. The van der Waals surface area contributed by atoms with Crippen LogP contribution in [0.25, 0.3) is 0 Å². The number of hydrogen-bond acceptors (Lipinski definition) is 3. The van der Waals surface area contributed by atoms with Gasteiger partial charge in [-0.25, -0.2) is 0 Å². The van der Waals surface area contributed by atoms with Crippen LogP contribution in [0.1, 0.15) is 44.7 Å². The summed E-state index contributed by atoms with van der Waals surface area (Å²) in [6, 6.07) is 8.48. The lowest BCUT2D eigenvalue weighted by molar-refractivity contribution is 0.0603.